The lowest BCUT2D eigenvalue weighted by Crippen LogP contribution is -2.43. The molecule has 0 N–H and O–H groups in total. The zero-order valence-electron chi connectivity index (χ0n) is 11.7. The van der Waals surface area contributed by atoms with Crippen molar-refractivity contribution in [2.24, 2.45) is 34.0 Å². The molecule has 17 heavy (non-hydrogen) atoms. The molecule has 0 amide bonds. The second-order valence-corrected chi connectivity index (χ2v) is 7.77. The third-order valence-corrected chi connectivity index (χ3v) is 7.32. The topological polar surface area (TPSA) is 9.23 Å². The molecule has 1 unspecified atom stereocenters. The van der Waals surface area contributed by atoms with Gasteiger partial charge in [0.25, 0.3) is 0 Å². The molecule has 4 aliphatic rings. The van der Waals surface area contributed by atoms with Gasteiger partial charge in [-0.05, 0) is 30.1 Å². The van der Waals surface area contributed by atoms with Crippen molar-refractivity contribution in [3.8, 4) is 0 Å². The van der Waals surface area contributed by atoms with Crippen LogP contribution in [0.2, 0.25) is 0 Å². The molecule has 0 aromatic carbocycles. The van der Waals surface area contributed by atoms with Crippen LogP contribution in [0.15, 0.2) is 12.2 Å². The minimum atomic E-state index is 0.143. The molecule has 3 saturated carbocycles. The van der Waals surface area contributed by atoms with E-state index in [0.29, 0.717) is 16.2 Å². The Hall–Kier alpha value is -0.300. The number of hydrogen-bond donors (Lipinski definition) is 0. The first-order chi connectivity index (χ1) is 7.89. The Kier molecular flexibility index (Phi) is 1.49. The molecule has 1 nitrogen and oxygen atoms in total. The molecule has 0 aromatic heterocycles. The quantitative estimate of drug-likeness (QED) is 0.627. The molecule has 0 radical (unpaired) electrons. The number of ether oxygens (including phenoxy) is 1. The van der Waals surface area contributed by atoms with E-state index in [4.69, 9.17) is 4.74 Å². The van der Waals surface area contributed by atoms with E-state index in [1.54, 1.807) is 0 Å². The summed E-state index contributed by atoms with van der Waals surface area (Å²) in [6, 6.07) is 0. The second-order valence-electron chi connectivity index (χ2n) is 7.77. The molecule has 1 spiro atoms. The summed E-state index contributed by atoms with van der Waals surface area (Å²) in [4.78, 5) is 0. The summed E-state index contributed by atoms with van der Waals surface area (Å²) in [5.74, 6) is 2.37. The van der Waals surface area contributed by atoms with Crippen molar-refractivity contribution in [2.45, 2.75) is 46.1 Å². The van der Waals surface area contributed by atoms with Crippen molar-refractivity contribution in [3.63, 3.8) is 0 Å². The fourth-order valence-electron chi connectivity index (χ4n) is 7.12. The van der Waals surface area contributed by atoms with Crippen LogP contribution in [0.5, 0.6) is 0 Å². The zero-order valence-corrected chi connectivity index (χ0v) is 11.7. The van der Waals surface area contributed by atoms with Gasteiger partial charge in [-0.3, -0.25) is 0 Å². The summed E-state index contributed by atoms with van der Waals surface area (Å²) in [5.41, 5.74) is 1.26. The fraction of sp³-hybridized carbons (Fsp3) is 0.875. The Balaban J connectivity index is 2.00. The fourth-order valence-corrected chi connectivity index (χ4v) is 7.12. The van der Waals surface area contributed by atoms with E-state index in [1.807, 2.05) is 7.11 Å². The highest BCUT2D eigenvalue weighted by atomic mass is 16.5. The molecule has 0 aliphatic heterocycles. The number of rotatable bonds is 1. The molecular formula is C16H24O. The van der Waals surface area contributed by atoms with E-state index in [-0.39, 0.29) is 5.60 Å². The minimum absolute atomic E-state index is 0.143. The van der Waals surface area contributed by atoms with Gasteiger partial charge in [0.05, 0.1) is 5.60 Å². The lowest BCUT2D eigenvalue weighted by molar-refractivity contribution is -0.0483. The highest BCUT2D eigenvalue weighted by molar-refractivity contribution is 5.52. The molecule has 1 heteroatoms. The summed E-state index contributed by atoms with van der Waals surface area (Å²) in [6.07, 6.45) is 7.84. The predicted molar refractivity (Wildman–Crippen MR) is 68.6 cm³/mol. The SMILES string of the molecule is COC12[C@@H]3C(C)(C)[C@@H]4CC[C@@H](C)[C@@]41C=C[C@@]32C. The van der Waals surface area contributed by atoms with Gasteiger partial charge >= 0.3 is 0 Å². The van der Waals surface area contributed by atoms with Gasteiger partial charge in [-0.25, -0.2) is 0 Å². The Morgan fingerprint density at radius 1 is 1.12 bits per heavy atom. The van der Waals surface area contributed by atoms with Gasteiger partial charge in [0.2, 0.25) is 0 Å². The monoisotopic (exact) mass is 232 g/mol. The number of hydrogen-bond acceptors (Lipinski definition) is 1. The van der Waals surface area contributed by atoms with E-state index >= 15 is 0 Å². The van der Waals surface area contributed by atoms with Gasteiger partial charge in [-0.15, -0.1) is 0 Å². The normalized spacial score (nSPS) is 64.9. The molecule has 4 aliphatic carbocycles. The molecule has 0 saturated heterocycles. The van der Waals surface area contributed by atoms with E-state index in [9.17, 15) is 0 Å². The lowest BCUT2D eigenvalue weighted by atomic mass is 9.64. The van der Waals surface area contributed by atoms with Gasteiger partial charge in [-0.1, -0.05) is 39.8 Å². The highest BCUT2D eigenvalue weighted by Gasteiger charge is 2.94. The summed E-state index contributed by atoms with van der Waals surface area (Å²) < 4.78 is 6.21. The van der Waals surface area contributed by atoms with Crippen LogP contribution in [-0.2, 0) is 4.74 Å². The third-order valence-electron chi connectivity index (χ3n) is 7.32. The molecule has 3 fully saturated rings. The van der Waals surface area contributed by atoms with Crippen molar-refractivity contribution < 1.29 is 4.74 Å². The molecule has 0 aromatic rings. The van der Waals surface area contributed by atoms with Crippen molar-refractivity contribution >= 4 is 0 Å². The highest BCUT2D eigenvalue weighted by Crippen LogP contribution is 2.92. The predicted octanol–water partition coefficient (Wildman–Crippen LogP) is 3.65. The largest absolute Gasteiger partial charge is 0.376 e. The van der Waals surface area contributed by atoms with Crippen molar-refractivity contribution in [1.82, 2.24) is 0 Å². The Bertz CT molecular complexity index is 433. The van der Waals surface area contributed by atoms with Crippen LogP contribution < -0.4 is 0 Å². The Morgan fingerprint density at radius 3 is 2.47 bits per heavy atom. The average molecular weight is 232 g/mol. The first-order valence-electron chi connectivity index (χ1n) is 7.15. The van der Waals surface area contributed by atoms with E-state index in [0.717, 1.165) is 17.8 Å². The molecule has 0 heterocycles. The maximum Gasteiger partial charge on any atom is 0.0908 e. The summed E-state index contributed by atoms with van der Waals surface area (Å²) in [5, 5.41) is 0. The van der Waals surface area contributed by atoms with Crippen LogP contribution in [0.1, 0.15) is 40.5 Å². The van der Waals surface area contributed by atoms with Crippen molar-refractivity contribution in [2.75, 3.05) is 7.11 Å². The average Bonchev–Trinajstić information content (AvgIpc) is 2.48. The molecule has 94 valence electrons. The molecule has 4 rings (SSSR count). The van der Waals surface area contributed by atoms with Crippen molar-refractivity contribution in [1.29, 1.82) is 0 Å². The first-order valence-corrected chi connectivity index (χ1v) is 7.15. The number of methoxy groups -OCH3 is 1. The van der Waals surface area contributed by atoms with Crippen LogP contribution in [0.4, 0.5) is 0 Å². The molecule has 0 bridgehead atoms. The smallest absolute Gasteiger partial charge is 0.0908 e. The van der Waals surface area contributed by atoms with Crippen LogP contribution in [-0.4, -0.2) is 12.7 Å². The van der Waals surface area contributed by atoms with Gasteiger partial charge in [0.1, 0.15) is 0 Å². The van der Waals surface area contributed by atoms with Crippen LogP contribution in [0, 0.1) is 34.0 Å². The van der Waals surface area contributed by atoms with Gasteiger partial charge in [0.15, 0.2) is 0 Å². The summed E-state index contributed by atoms with van der Waals surface area (Å²) in [6.45, 7) is 9.87. The molecule has 6 atom stereocenters. The van der Waals surface area contributed by atoms with Crippen LogP contribution in [0.3, 0.4) is 0 Å². The van der Waals surface area contributed by atoms with E-state index < -0.39 is 0 Å². The Labute approximate surface area is 105 Å². The summed E-state index contributed by atoms with van der Waals surface area (Å²) >= 11 is 0. The van der Waals surface area contributed by atoms with Gasteiger partial charge in [0, 0.05) is 23.9 Å². The maximum atomic E-state index is 6.21. The second kappa shape index (κ2) is 2.39. The van der Waals surface area contributed by atoms with Gasteiger partial charge in [-0.2, -0.15) is 0 Å². The van der Waals surface area contributed by atoms with Gasteiger partial charge < -0.3 is 4.74 Å². The zero-order chi connectivity index (χ0) is 12.3. The van der Waals surface area contributed by atoms with Crippen molar-refractivity contribution in [3.05, 3.63) is 12.2 Å². The standard InChI is InChI=1S/C16H24O/c1-10-6-7-11-13(2,3)12-14(4)8-9-15(10,11)16(12,14)17-5/h8-12H,6-7H2,1-5H3/t10-,11+,12-,14+,15+,16?/m1/s1. The van der Waals surface area contributed by atoms with E-state index in [2.05, 4.69) is 39.8 Å². The van der Waals surface area contributed by atoms with Crippen LogP contribution in [0.25, 0.3) is 0 Å². The third kappa shape index (κ3) is 0.662. The maximum absolute atomic E-state index is 6.21. The number of fused-ring (bicyclic) bond motifs is 1. The lowest BCUT2D eigenvalue weighted by Gasteiger charge is -2.42. The summed E-state index contributed by atoms with van der Waals surface area (Å²) in [7, 11) is 1.95. The van der Waals surface area contributed by atoms with E-state index in [1.165, 1.54) is 12.8 Å². The first kappa shape index (κ1) is 10.6. The minimum Gasteiger partial charge on any atom is -0.376 e. The molecular weight excluding hydrogens is 208 g/mol. The Morgan fingerprint density at radius 2 is 1.82 bits per heavy atom. The van der Waals surface area contributed by atoms with Crippen LogP contribution >= 0.6 is 0 Å².